The van der Waals surface area contributed by atoms with Crippen LogP contribution in [0.1, 0.15) is 13.3 Å². The summed E-state index contributed by atoms with van der Waals surface area (Å²) in [6, 6.07) is 7.88. The zero-order valence-corrected chi connectivity index (χ0v) is 10.5. The van der Waals surface area contributed by atoms with Crippen LogP contribution in [0.5, 0.6) is 0 Å². The molecule has 1 aliphatic rings. The van der Waals surface area contributed by atoms with E-state index in [1.165, 1.54) is 19.5 Å². The molecule has 0 bridgehead atoms. The van der Waals surface area contributed by atoms with Crippen molar-refractivity contribution in [2.45, 2.75) is 13.3 Å². The molecule has 1 heterocycles. The largest absolute Gasteiger partial charge is 0.384 e. The smallest absolute Gasteiger partial charge is 0.0407 e. The zero-order valence-electron chi connectivity index (χ0n) is 9.75. The van der Waals surface area contributed by atoms with Gasteiger partial charge < -0.3 is 10.2 Å². The maximum atomic E-state index is 5.83. The predicted octanol–water partition coefficient (Wildman–Crippen LogP) is 3.09. The van der Waals surface area contributed by atoms with E-state index in [2.05, 4.69) is 17.1 Å². The number of hydrogen-bond donors (Lipinski definition) is 1. The van der Waals surface area contributed by atoms with Crippen molar-refractivity contribution in [1.29, 1.82) is 0 Å². The first-order valence-corrected chi connectivity index (χ1v) is 6.33. The molecule has 1 fully saturated rings. The summed E-state index contributed by atoms with van der Waals surface area (Å²) in [4.78, 5) is 2.52. The molecule has 0 radical (unpaired) electrons. The van der Waals surface area contributed by atoms with Crippen LogP contribution in [0.25, 0.3) is 0 Å². The Hall–Kier alpha value is -0.730. The predicted molar refractivity (Wildman–Crippen MR) is 70.2 cm³/mol. The molecule has 3 heteroatoms. The van der Waals surface area contributed by atoms with E-state index in [4.69, 9.17) is 11.6 Å². The van der Waals surface area contributed by atoms with Gasteiger partial charge in [-0.3, -0.25) is 0 Å². The fraction of sp³-hybridized carbons (Fsp3) is 0.538. The molecule has 0 aliphatic carbocycles. The third kappa shape index (κ3) is 3.39. The van der Waals surface area contributed by atoms with Gasteiger partial charge >= 0.3 is 0 Å². The Kier molecular flexibility index (Phi) is 4.08. The Morgan fingerprint density at radius 1 is 1.38 bits per heavy atom. The second-order valence-electron chi connectivity index (χ2n) is 4.63. The van der Waals surface area contributed by atoms with Crippen molar-refractivity contribution in [2.75, 3.05) is 31.5 Å². The number of benzene rings is 1. The van der Waals surface area contributed by atoms with Crippen LogP contribution in [0.4, 0.5) is 5.69 Å². The van der Waals surface area contributed by atoms with E-state index < -0.39 is 0 Å². The summed E-state index contributed by atoms with van der Waals surface area (Å²) in [7, 11) is 0. The molecule has 1 aliphatic heterocycles. The number of nitrogens with one attached hydrogen (secondary N) is 1. The molecule has 1 N–H and O–H groups in total. The lowest BCUT2D eigenvalue weighted by Crippen LogP contribution is -2.26. The van der Waals surface area contributed by atoms with Gasteiger partial charge in [-0.1, -0.05) is 18.5 Å². The highest BCUT2D eigenvalue weighted by Gasteiger charge is 2.17. The quantitative estimate of drug-likeness (QED) is 0.867. The minimum absolute atomic E-state index is 0.791. The molecular weight excluding hydrogens is 220 g/mol. The first kappa shape index (κ1) is 11.7. The lowest BCUT2D eigenvalue weighted by atomic mass is 10.2. The van der Waals surface area contributed by atoms with E-state index in [1.54, 1.807) is 0 Å². The Balaban J connectivity index is 1.70. The van der Waals surface area contributed by atoms with Gasteiger partial charge in [0.05, 0.1) is 0 Å². The van der Waals surface area contributed by atoms with Crippen molar-refractivity contribution in [3.63, 3.8) is 0 Å². The highest BCUT2D eigenvalue weighted by atomic mass is 35.5. The molecule has 88 valence electrons. The molecule has 1 atom stereocenters. The molecule has 0 spiro atoms. The standard InChI is InChI=1S/C13H19ClN2/c1-11-6-8-16(10-11)9-7-15-13-4-2-12(14)3-5-13/h2-5,11,15H,6-10H2,1H3. The van der Waals surface area contributed by atoms with Crippen LogP contribution in [-0.4, -0.2) is 31.1 Å². The van der Waals surface area contributed by atoms with Crippen LogP contribution in [0, 0.1) is 5.92 Å². The number of anilines is 1. The SMILES string of the molecule is CC1CCN(CCNc2ccc(Cl)cc2)C1. The molecule has 1 aromatic carbocycles. The summed E-state index contributed by atoms with van der Waals surface area (Å²) >= 11 is 5.83. The highest BCUT2D eigenvalue weighted by Crippen LogP contribution is 2.15. The second kappa shape index (κ2) is 5.55. The third-order valence-corrected chi connectivity index (χ3v) is 3.36. The van der Waals surface area contributed by atoms with Crippen molar-refractivity contribution < 1.29 is 0 Å². The van der Waals surface area contributed by atoms with E-state index in [9.17, 15) is 0 Å². The second-order valence-corrected chi connectivity index (χ2v) is 5.06. The van der Waals surface area contributed by atoms with Gasteiger partial charge in [0.1, 0.15) is 0 Å². The summed E-state index contributed by atoms with van der Waals surface area (Å²) in [5, 5.41) is 4.20. The normalized spacial score (nSPS) is 21.2. The summed E-state index contributed by atoms with van der Waals surface area (Å²) in [6.45, 7) is 6.97. The van der Waals surface area contributed by atoms with Crippen LogP contribution in [0.3, 0.4) is 0 Å². The Morgan fingerprint density at radius 3 is 2.75 bits per heavy atom. The van der Waals surface area contributed by atoms with Crippen LogP contribution < -0.4 is 5.32 Å². The summed E-state index contributed by atoms with van der Waals surface area (Å²) in [5.41, 5.74) is 1.15. The van der Waals surface area contributed by atoms with Gasteiger partial charge in [0.2, 0.25) is 0 Å². The van der Waals surface area contributed by atoms with E-state index in [1.807, 2.05) is 24.3 Å². The maximum absolute atomic E-state index is 5.83. The third-order valence-electron chi connectivity index (χ3n) is 3.11. The van der Waals surface area contributed by atoms with Gasteiger partial charge in [-0.2, -0.15) is 0 Å². The van der Waals surface area contributed by atoms with Gasteiger partial charge in [0.25, 0.3) is 0 Å². The van der Waals surface area contributed by atoms with Crippen LogP contribution in [-0.2, 0) is 0 Å². The molecule has 1 unspecified atom stereocenters. The van der Waals surface area contributed by atoms with Crippen LogP contribution >= 0.6 is 11.6 Å². The van der Waals surface area contributed by atoms with Gasteiger partial charge in [-0.15, -0.1) is 0 Å². The summed E-state index contributed by atoms with van der Waals surface area (Å²) in [6.07, 6.45) is 1.35. The summed E-state index contributed by atoms with van der Waals surface area (Å²) in [5.74, 6) is 0.871. The lowest BCUT2D eigenvalue weighted by molar-refractivity contribution is 0.341. The Morgan fingerprint density at radius 2 is 2.12 bits per heavy atom. The molecule has 16 heavy (non-hydrogen) atoms. The lowest BCUT2D eigenvalue weighted by Gasteiger charge is -2.15. The Bertz CT molecular complexity index is 323. The molecule has 1 saturated heterocycles. The minimum Gasteiger partial charge on any atom is -0.384 e. The molecule has 0 aromatic heterocycles. The first-order chi connectivity index (χ1) is 7.74. The molecule has 2 nitrogen and oxygen atoms in total. The summed E-state index contributed by atoms with van der Waals surface area (Å²) < 4.78 is 0. The number of halogens is 1. The van der Waals surface area contributed by atoms with E-state index in [0.29, 0.717) is 0 Å². The minimum atomic E-state index is 0.791. The average Bonchev–Trinajstić information content (AvgIpc) is 2.67. The van der Waals surface area contributed by atoms with Crippen molar-refractivity contribution in [3.05, 3.63) is 29.3 Å². The van der Waals surface area contributed by atoms with E-state index >= 15 is 0 Å². The van der Waals surface area contributed by atoms with E-state index in [0.717, 1.165) is 29.7 Å². The monoisotopic (exact) mass is 238 g/mol. The topological polar surface area (TPSA) is 15.3 Å². The molecular formula is C13H19ClN2. The van der Waals surface area contributed by atoms with Gasteiger partial charge in [0, 0.05) is 30.3 Å². The molecule has 1 aromatic rings. The molecule has 2 rings (SSSR count). The number of hydrogen-bond acceptors (Lipinski definition) is 2. The van der Waals surface area contributed by atoms with Gasteiger partial charge in [0.15, 0.2) is 0 Å². The number of nitrogens with zero attached hydrogens (tertiary/aromatic N) is 1. The van der Waals surface area contributed by atoms with Crippen molar-refractivity contribution >= 4 is 17.3 Å². The molecule has 0 saturated carbocycles. The van der Waals surface area contributed by atoms with Crippen molar-refractivity contribution in [2.24, 2.45) is 5.92 Å². The van der Waals surface area contributed by atoms with Gasteiger partial charge in [-0.05, 0) is 43.1 Å². The number of rotatable bonds is 4. The van der Waals surface area contributed by atoms with Gasteiger partial charge in [-0.25, -0.2) is 0 Å². The van der Waals surface area contributed by atoms with Crippen LogP contribution in [0.2, 0.25) is 5.02 Å². The Labute approximate surface area is 103 Å². The highest BCUT2D eigenvalue weighted by molar-refractivity contribution is 6.30. The maximum Gasteiger partial charge on any atom is 0.0407 e. The van der Waals surface area contributed by atoms with Crippen LogP contribution in [0.15, 0.2) is 24.3 Å². The fourth-order valence-corrected chi connectivity index (χ4v) is 2.28. The zero-order chi connectivity index (χ0) is 11.4. The first-order valence-electron chi connectivity index (χ1n) is 5.96. The average molecular weight is 239 g/mol. The van der Waals surface area contributed by atoms with E-state index in [-0.39, 0.29) is 0 Å². The fourth-order valence-electron chi connectivity index (χ4n) is 2.16. The van der Waals surface area contributed by atoms with Crippen molar-refractivity contribution in [1.82, 2.24) is 4.90 Å². The molecule has 0 amide bonds. The van der Waals surface area contributed by atoms with Crippen molar-refractivity contribution in [3.8, 4) is 0 Å². The number of likely N-dealkylation sites (tertiary alicyclic amines) is 1.